The largest absolute Gasteiger partial charge is 0.545 e. The molecule has 0 heterocycles. The first-order valence-electron chi connectivity index (χ1n) is 9.99. The van der Waals surface area contributed by atoms with Gasteiger partial charge in [0, 0.05) is 11.1 Å². The molecule has 0 N–H and O–H groups in total. The molecule has 0 fully saturated rings. The van der Waals surface area contributed by atoms with Gasteiger partial charge in [0.25, 0.3) is 0 Å². The molecule has 0 amide bonds. The Kier molecular flexibility index (Phi) is 12.1. The maximum Gasteiger partial charge on any atom is 0.104 e. The fraction of sp³-hybridized carbons (Fsp3) is 0.360. The summed E-state index contributed by atoms with van der Waals surface area (Å²) in [7, 11) is 13.2. The van der Waals surface area contributed by atoms with Crippen molar-refractivity contribution in [2.75, 3.05) is 42.3 Å². The number of carboxylic acids is 2. The molecule has 2 aromatic rings. The minimum Gasteiger partial charge on any atom is -0.545 e. The van der Waals surface area contributed by atoms with E-state index in [1.807, 2.05) is 0 Å². The Bertz CT molecular complexity index is 767. The van der Waals surface area contributed by atoms with Gasteiger partial charge < -0.3 is 28.8 Å². The van der Waals surface area contributed by atoms with Crippen LogP contribution >= 0.6 is 0 Å². The molecule has 0 unspecified atom stereocenters. The van der Waals surface area contributed by atoms with Crippen molar-refractivity contribution in [2.24, 2.45) is 0 Å². The SMILES string of the molecule is C/C(=C\C(=O)[O-])C(=O)[O-].C[N+](C)(C)Cc1ccccc1.C[N+](C)(C)Cc1ccccc1. The molecule has 0 saturated carbocycles. The fourth-order valence-electron chi connectivity index (χ4n) is 2.50. The molecule has 31 heavy (non-hydrogen) atoms. The Hall–Kier alpha value is -2.96. The summed E-state index contributed by atoms with van der Waals surface area (Å²) in [5, 5.41) is 19.4. The molecule has 0 radical (unpaired) electrons. The minimum atomic E-state index is -1.53. The Morgan fingerprint density at radius 1 is 0.710 bits per heavy atom. The molecule has 0 aliphatic rings. The number of carbonyl (C=O) groups is 2. The summed E-state index contributed by atoms with van der Waals surface area (Å²) in [6, 6.07) is 21.1. The highest BCUT2D eigenvalue weighted by Gasteiger charge is 2.07. The first kappa shape index (κ1) is 28.0. The van der Waals surface area contributed by atoms with Crippen LogP contribution in [-0.2, 0) is 22.7 Å². The smallest absolute Gasteiger partial charge is 0.104 e. The van der Waals surface area contributed by atoms with E-state index in [9.17, 15) is 19.8 Å². The lowest BCUT2D eigenvalue weighted by Gasteiger charge is -2.23. The van der Waals surface area contributed by atoms with Gasteiger partial charge in [-0.1, -0.05) is 60.7 Å². The zero-order chi connectivity index (χ0) is 24.1. The molecular weight excluding hydrogens is 392 g/mol. The lowest BCUT2D eigenvalue weighted by molar-refractivity contribution is -0.884. The summed E-state index contributed by atoms with van der Waals surface area (Å²) in [6.07, 6.45) is 0.468. The number of benzene rings is 2. The first-order valence-corrected chi connectivity index (χ1v) is 9.99. The number of aliphatic carboxylic acids is 2. The summed E-state index contributed by atoms with van der Waals surface area (Å²) in [5.41, 5.74) is 2.45. The van der Waals surface area contributed by atoms with E-state index in [0.717, 1.165) is 29.0 Å². The van der Waals surface area contributed by atoms with Crippen LogP contribution in [0.3, 0.4) is 0 Å². The number of carboxylic acid groups (broad SMARTS) is 2. The van der Waals surface area contributed by atoms with Gasteiger partial charge in [0.1, 0.15) is 13.1 Å². The molecule has 0 bridgehead atoms. The van der Waals surface area contributed by atoms with Crippen molar-refractivity contribution in [3.8, 4) is 0 Å². The Morgan fingerprint density at radius 3 is 1.23 bits per heavy atom. The van der Waals surface area contributed by atoms with Crippen LogP contribution in [-0.4, -0.2) is 63.2 Å². The molecule has 2 rings (SSSR count). The van der Waals surface area contributed by atoms with Gasteiger partial charge in [0.05, 0.1) is 54.2 Å². The molecule has 2 aromatic carbocycles. The van der Waals surface area contributed by atoms with Crippen LogP contribution in [0.4, 0.5) is 0 Å². The minimum absolute atomic E-state index is 0.352. The standard InChI is InChI=1S/2C10H16N.C5H6O4/c2*1-11(2,3)9-10-7-5-4-6-8-10;1-3(5(8)9)2-4(6)7/h2*4-8H,9H2,1-3H3;2H,1H3,(H,6,7)(H,8,9)/q2*+1;/p-2/b;;3-2+. The van der Waals surface area contributed by atoms with Gasteiger partial charge in [-0.15, -0.1) is 0 Å². The summed E-state index contributed by atoms with van der Waals surface area (Å²) in [5.74, 6) is -3.03. The van der Waals surface area contributed by atoms with Crippen molar-refractivity contribution in [2.45, 2.75) is 20.0 Å². The predicted molar refractivity (Wildman–Crippen MR) is 120 cm³/mol. The van der Waals surface area contributed by atoms with Gasteiger partial charge in [-0.05, 0) is 18.6 Å². The van der Waals surface area contributed by atoms with Crippen molar-refractivity contribution in [3.05, 3.63) is 83.4 Å². The van der Waals surface area contributed by atoms with Crippen LogP contribution in [0, 0.1) is 0 Å². The third-order valence-corrected chi connectivity index (χ3v) is 3.66. The zero-order valence-electron chi connectivity index (χ0n) is 19.8. The first-order chi connectivity index (χ1) is 14.2. The van der Waals surface area contributed by atoms with Gasteiger partial charge in [0.15, 0.2) is 0 Å². The number of hydrogen-bond donors (Lipinski definition) is 0. The van der Waals surface area contributed by atoms with Crippen LogP contribution in [0.5, 0.6) is 0 Å². The number of carbonyl (C=O) groups excluding carboxylic acids is 2. The van der Waals surface area contributed by atoms with Crippen LogP contribution in [0.25, 0.3) is 0 Å². The third kappa shape index (κ3) is 17.6. The van der Waals surface area contributed by atoms with Crippen molar-refractivity contribution < 1.29 is 28.8 Å². The lowest BCUT2D eigenvalue weighted by Crippen LogP contribution is -2.33. The number of hydrogen-bond acceptors (Lipinski definition) is 4. The normalized spacial score (nSPS) is 11.4. The van der Waals surface area contributed by atoms with E-state index >= 15 is 0 Å². The number of nitrogens with zero attached hydrogens (tertiary/aromatic N) is 2. The van der Waals surface area contributed by atoms with Gasteiger partial charge >= 0.3 is 0 Å². The molecule has 6 heteroatoms. The summed E-state index contributed by atoms with van der Waals surface area (Å²) in [6.45, 7) is 3.31. The van der Waals surface area contributed by atoms with E-state index in [2.05, 4.69) is 103 Å². The number of rotatable bonds is 6. The monoisotopic (exact) mass is 428 g/mol. The van der Waals surface area contributed by atoms with Crippen molar-refractivity contribution in [3.63, 3.8) is 0 Å². The van der Waals surface area contributed by atoms with E-state index in [0.29, 0.717) is 6.08 Å². The highest BCUT2D eigenvalue weighted by atomic mass is 16.4. The van der Waals surface area contributed by atoms with E-state index in [1.54, 1.807) is 0 Å². The molecule has 0 spiro atoms. The van der Waals surface area contributed by atoms with E-state index in [-0.39, 0.29) is 5.57 Å². The summed E-state index contributed by atoms with van der Waals surface area (Å²) >= 11 is 0. The highest BCUT2D eigenvalue weighted by molar-refractivity contribution is 5.92. The number of quaternary nitrogens is 2. The van der Waals surface area contributed by atoms with Crippen molar-refractivity contribution in [1.82, 2.24) is 0 Å². The quantitative estimate of drug-likeness (QED) is 0.512. The van der Waals surface area contributed by atoms with Crippen LogP contribution in [0.2, 0.25) is 0 Å². The van der Waals surface area contributed by atoms with Gasteiger partial charge in [-0.3, -0.25) is 0 Å². The third-order valence-electron chi connectivity index (χ3n) is 3.66. The molecule has 0 aromatic heterocycles. The zero-order valence-corrected chi connectivity index (χ0v) is 19.8. The van der Waals surface area contributed by atoms with E-state index in [1.165, 1.54) is 11.1 Å². The maximum atomic E-state index is 9.76. The van der Waals surface area contributed by atoms with Crippen LogP contribution < -0.4 is 10.2 Å². The predicted octanol–water partition coefficient (Wildman–Crippen LogP) is 1.22. The molecule has 170 valence electrons. The van der Waals surface area contributed by atoms with Gasteiger partial charge in [-0.2, -0.15) is 0 Å². The van der Waals surface area contributed by atoms with Crippen LogP contribution in [0.1, 0.15) is 18.1 Å². The van der Waals surface area contributed by atoms with E-state index in [4.69, 9.17) is 0 Å². The second-order valence-corrected chi connectivity index (χ2v) is 9.30. The molecule has 0 aliphatic heterocycles. The molecule has 6 nitrogen and oxygen atoms in total. The van der Waals surface area contributed by atoms with Gasteiger partial charge in [0.2, 0.25) is 0 Å². The second kappa shape index (κ2) is 13.4. The molecular formula is C25H36N2O4. The Morgan fingerprint density at radius 2 is 1.03 bits per heavy atom. The fourth-order valence-corrected chi connectivity index (χ4v) is 2.50. The molecule has 0 aliphatic carbocycles. The Labute approximate surface area is 186 Å². The second-order valence-electron chi connectivity index (χ2n) is 9.30. The highest BCUT2D eigenvalue weighted by Crippen LogP contribution is 2.06. The molecule has 0 atom stereocenters. The van der Waals surface area contributed by atoms with Crippen molar-refractivity contribution >= 4 is 11.9 Å². The molecule has 0 saturated heterocycles. The summed E-state index contributed by atoms with van der Waals surface area (Å²) in [4.78, 5) is 19.4. The topological polar surface area (TPSA) is 80.3 Å². The maximum absolute atomic E-state index is 9.76. The van der Waals surface area contributed by atoms with Crippen molar-refractivity contribution in [1.29, 1.82) is 0 Å². The Balaban J connectivity index is 0.000000439. The average Bonchev–Trinajstić information content (AvgIpc) is 2.61. The van der Waals surface area contributed by atoms with E-state index < -0.39 is 11.9 Å². The average molecular weight is 429 g/mol. The van der Waals surface area contributed by atoms with Gasteiger partial charge in [-0.25, -0.2) is 0 Å². The van der Waals surface area contributed by atoms with Crippen LogP contribution in [0.15, 0.2) is 72.3 Å². The lowest BCUT2D eigenvalue weighted by atomic mass is 10.2. The summed E-state index contributed by atoms with van der Waals surface area (Å²) < 4.78 is 1.98.